The molecule has 1 atom stereocenters. The van der Waals surface area contributed by atoms with Crippen molar-refractivity contribution in [2.45, 2.75) is 46.6 Å². The molecular weight excluding hydrogens is 263 g/mol. The summed E-state index contributed by atoms with van der Waals surface area (Å²) in [6, 6.07) is 5.61. The third-order valence-corrected chi connectivity index (χ3v) is 4.99. The van der Waals surface area contributed by atoms with Crippen molar-refractivity contribution in [2.24, 2.45) is 17.1 Å². The predicted molar refractivity (Wildman–Crippen MR) is 86.7 cm³/mol. The fourth-order valence-corrected chi connectivity index (χ4v) is 3.45. The van der Waals surface area contributed by atoms with Gasteiger partial charge in [-0.05, 0) is 61.4 Å². The number of hydrogen-bond acceptors (Lipinski definition) is 2. The van der Waals surface area contributed by atoms with Crippen molar-refractivity contribution in [3.8, 4) is 0 Å². The largest absolute Gasteiger partial charge is 0.329 e. The van der Waals surface area contributed by atoms with Crippen LogP contribution in [0.4, 0.5) is 4.39 Å². The molecule has 0 aromatic heterocycles. The third-order valence-electron chi connectivity index (χ3n) is 4.99. The van der Waals surface area contributed by atoms with E-state index in [0.717, 1.165) is 24.6 Å². The molecule has 3 heteroatoms. The molecule has 1 saturated heterocycles. The lowest BCUT2D eigenvalue weighted by molar-refractivity contribution is 0.0846. The fraction of sp³-hybridized carbons (Fsp3) is 0.667. The van der Waals surface area contributed by atoms with E-state index in [1.54, 1.807) is 6.07 Å². The van der Waals surface area contributed by atoms with E-state index in [2.05, 4.69) is 25.7 Å². The van der Waals surface area contributed by atoms with Gasteiger partial charge in [0, 0.05) is 12.6 Å². The number of aryl methyl sites for hydroxylation is 1. The van der Waals surface area contributed by atoms with Gasteiger partial charge in [0.25, 0.3) is 0 Å². The Hall–Kier alpha value is -0.930. The molecule has 1 aromatic carbocycles. The SMILES string of the molecule is Cc1cc(C(CN)N2CCC(C(C)(C)C)CC2)ccc1F. The topological polar surface area (TPSA) is 29.3 Å². The second-order valence-corrected chi connectivity index (χ2v) is 7.44. The predicted octanol–water partition coefficient (Wildman–Crippen LogP) is 3.89. The van der Waals surface area contributed by atoms with Crippen molar-refractivity contribution in [1.82, 2.24) is 4.90 Å². The number of hydrogen-bond donors (Lipinski definition) is 1. The van der Waals surface area contributed by atoms with Crippen molar-refractivity contribution < 1.29 is 4.39 Å². The van der Waals surface area contributed by atoms with Crippen LogP contribution in [-0.4, -0.2) is 24.5 Å². The van der Waals surface area contributed by atoms with E-state index in [-0.39, 0.29) is 11.9 Å². The van der Waals surface area contributed by atoms with E-state index in [0.29, 0.717) is 17.5 Å². The molecule has 0 saturated carbocycles. The highest BCUT2D eigenvalue weighted by molar-refractivity contribution is 5.27. The van der Waals surface area contributed by atoms with Crippen LogP contribution in [-0.2, 0) is 0 Å². The fourth-order valence-electron chi connectivity index (χ4n) is 3.45. The Balaban J connectivity index is 2.07. The highest BCUT2D eigenvalue weighted by Gasteiger charge is 2.31. The van der Waals surface area contributed by atoms with E-state index >= 15 is 0 Å². The van der Waals surface area contributed by atoms with Crippen molar-refractivity contribution in [3.05, 3.63) is 35.1 Å². The molecule has 1 fully saturated rings. The minimum absolute atomic E-state index is 0.138. The molecule has 2 N–H and O–H groups in total. The summed E-state index contributed by atoms with van der Waals surface area (Å²) in [6.45, 7) is 11.6. The van der Waals surface area contributed by atoms with Gasteiger partial charge in [-0.15, -0.1) is 0 Å². The van der Waals surface area contributed by atoms with Crippen LogP contribution in [0.15, 0.2) is 18.2 Å². The number of piperidine rings is 1. The standard InChI is InChI=1S/C18H29FN2/c1-13-11-14(5-6-16(13)19)17(12-20)21-9-7-15(8-10-21)18(2,3)4/h5-6,11,15,17H,7-10,12,20H2,1-4H3. The monoisotopic (exact) mass is 292 g/mol. The molecule has 1 aliphatic heterocycles. The Morgan fingerprint density at radius 1 is 1.29 bits per heavy atom. The van der Waals surface area contributed by atoms with Gasteiger partial charge in [0.15, 0.2) is 0 Å². The summed E-state index contributed by atoms with van der Waals surface area (Å²) in [7, 11) is 0. The molecule has 0 radical (unpaired) electrons. The van der Waals surface area contributed by atoms with Gasteiger partial charge in [0.2, 0.25) is 0 Å². The van der Waals surface area contributed by atoms with Gasteiger partial charge in [-0.25, -0.2) is 4.39 Å². The summed E-state index contributed by atoms with van der Waals surface area (Å²) in [5, 5.41) is 0. The van der Waals surface area contributed by atoms with Gasteiger partial charge in [0.05, 0.1) is 0 Å². The normalized spacial score (nSPS) is 19.7. The molecule has 1 aliphatic rings. The molecule has 2 nitrogen and oxygen atoms in total. The third kappa shape index (κ3) is 3.83. The number of rotatable bonds is 3. The van der Waals surface area contributed by atoms with Crippen LogP contribution >= 0.6 is 0 Å². The Labute approximate surface area is 128 Å². The van der Waals surface area contributed by atoms with Gasteiger partial charge >= 0.3 is 0 Å². The molecule has 1 aromatic rings. The van der Waals surface area contributed by atoms with Crippen LogP contribution in [0.25, 0.3) is 0 Å². The minimum Gasteiger partial charge on any atom is -0.329 e. The molecule has 0 spiro atoms. The first-order valence-corrected chi connectivity index (χ1v) is 8.03. The highest BCUT2D eigenvalue weighted by Crippen LogP contribution is 2.36. The molecule has 2 rings (SSSR count). The summed E-state index contributed by atoms with van der Waals surface area (Å²) in [5.41, 5.74) is 8.24. The lowest BCUT2D eigenvalue weighted by Crippen LogP contribution is -2.42. The van der Waals surface area contributed by atoms with Crippen LogP contribution in [0.3, 0.4) is 0 Å². The number of nitrogens with two attached hydrogens (primary N) is 1. The number of halogens is 1. The average Bonchev–Trinajstić information content (AvgIpc) is 2.43. The maximum Gasteiger partial charge on any atom is 0.126 e. The van der Waals surface area contributed by atoms with Crippen LogP contribution in [0.2, 0.25) is 0 Å². The Kier molecular flexibility index (Phi) is 5.05. The van der Waals surface area contributed by atoms with E-state index in [9.17, 15) is 4.39 Å². The van der Waals surface area contributed by atoms with Crippen molar-refractivity contribution in [3.63, 3.8) is 0 Å². The van der Waals surface area contributed by atoms with Crippen LogP contribution in [0.5, 0.6) is 0 Å². The van der Waals surface area contributed by atoms with Gasteiger partial charge < -0.3 is 5.73 Å². The first kappa shape index (κ1) is 16.4. The van der Waals surface area contributed by atoms with E-state index in [1.807, 2.05) is 19.1 Å². The zero-order chi connectivity index (χ0) is 15.6. The lowest BCUT2D eigenvalue weighted by atomic mass is 9.75. The first-order valence-electron chi connectivity index (χ1n) is 8.03. The summed E-state index contributed by atoms with van der Waals surface area (Å²) in [5.74, 6) is 0.642. The molecule has 0 aliphatic carbocycles. The second kappa shape index (κ2) is 6.45. The van der Waals surface area contributed by atoms with Crippen LogP contribution in [0, 0.1) is 24.1 Å². The van der Waals surface area contributed by atoms with Gasteiger partial charge in [0.1, 0.15) is 5.82 Å². The minimum atomic E-state index is -0.138. The molecule has 0 bridgehead atoms. The Morgan fingerprint density at radius 2 is 1.90 bits per heavy atom. The maximum atomic E-state index is 13.4. The van der Waals surface area contributed by atoms with Gasteiger partial charge in [-0.3, -0.25) is 4.90 Å². The summed E-state index contributed by atoms with van der Waals surface area (Å²) < 4.78 is 13.4. The van der Waals surface area contributed by atoms with Crippen LogP contribution in [0.1, 0.15) is 50.8 Å². The molecule has 1 heterocycles. The Morgan fingerprint density at radius 3 is 2.38 bits per heavy atom. The Bertz CT molecular complexity index is 471. The smallest absolute Gasteiger partial charge is 0.126 e. The molecule has 118 valence electrons. The van der Waals surface area contributed by atoms with Crippen LogP contribution < -0.4 is 5.73 Å². The van der Waals surface area contributed by atoms with Gasteiger partial charge in [-0.2, -0.15) is 0 Å². The summed E-state index contributed by atoms with van der Waals surface area (Å²) in [4.78, 5) is 2.47. The van der Waals surface area contributed by atoms with Gasteiger partial charge in [-0.1, -0.05) is 32.9 Å². The first-order chi connectivity index (χ1) is 9.82. The van der Waals surface area contributed by atoms with Crippen molar-refractivity contribution >= 4 is 0 Å². The van der Waals surface area contributed by atoms with E-state index in [1.165, 1.54) is 12.8 Å². The summed E-state index contributed by atoms with van der Waals surface area (Å²) in [6.07, 6.45) is 2.44. The number of benzene rings is 1. The zero-order valence-electron chi connectivity index (χ0n) is 13.8. The van der Waals surface area contributed by atoms with E-state index in [4.69, 9.17) is 5.73 Å². The zero-order valence-corrected chi connectivity index (χ0v) is 13.8. The van der Waals surface area contributed by atoms with Crippen molar-refractivity contribution in [1.29, 1.82) is 0 Å². The highest BCUT2D eigenvalue weighted by atomic mass is 19.1. The number of likely N-dealkylation sites (tertiary alicyclic amines) is 1. The quantitative estimate of drug-likeness (QED) is 0.915. The molecular formula is C18H29FN2. The molecule has 21 heavy (non-hydrogen) atoms. The average molecular weight is 292 g/mol. The second-order valence-electron chi connectivity index (χ2n) is 7.44. The van der Waals surface area contributed by atoms with Crippen molar-refractivity contribution in [2.75, 3.05) is 19.6 Å². The molecule has 1 unspecified atom stereocenters. The maximum absolute atomic E-state index is 13.4. The number of nitrogens with zero attached hydrogens (tertiary/aromatic N) is 1. The lowest BCUT2D eigenvalue weighted by Gasteiger charge is -2.41. The van der Waals surface area contributed by atoms with E-state index < -0.39 is 0 Å². The summed E-state index contributed by atoms with van der Waals surface area (Å²) >= 11 is 0. The molecule has 0 amide bonds.